The van der Waals surface area contributed by atoms with Crippen molar-refractivity contribution in [2.24, 2.45) is 0 Å². The third-order valence-electron chi connectivity index (χ3n) is 5.85. The van der Waals surface area contributed by atoms with Crippen LogP contribution >= 0.6 is 0 Å². The molecule has 0 bridgehead atoms. The fourth-order valence-corrected chi connectivity index (χ4v) is 4.00. The lowest BCUT2D eigenvalue weighted by Gasteiger charge is -2.21. The monoisotopic (exact) mass is 544 g/mol. The van der Waals surface area contributed by atoms with E-state index in [1.54, 1.807) is 12.1 Å². The van der Waals surface area contributed by atoms with Gasteiger partial charge in [0.2, 0.25) is 0 Å². The molecule has 1 N–H and O–H groups in total. The van der Waals surface area contributed by atoms with E-state index in [2.05, 4.69) is 16.4 Å². The second-order valence-electron chi connectivity index (χ2n) is 8.79. The van der Waals surface area contributed by atoms with Gasteiger partial charge in [0.05, 0.1) is 5.56 Å². The Kier molecular flexibility index (Phi) is 9.51. The predicted molar refractivity (Wildman–Crippen MR) is 128 cm³/mol. The predicted octanol–water partition coefficient (Wildman–Crippen LogP) is 9.27. The molecule has 0 unspecified atom stereocenters. The van der Waals surface area contributed by atoms with Gasteiger partial charge in [-0.2, -0.15) is 8.78 Å². The standard InChI is InChI=1S/C28H27F7O3/c1-2-3-4-5-6-7-8-18-9-11-19(12-10-18)24-23(36)17-22(29)25(26(24)30)27(31,32)37-20-13-15-21(16-14-20)38-28(33,34)35/h9-17,36H,2-8H2,1H3. The van der Waals surface area contributed by atoms with Gasteiger partial charge >= 0.3 is 12.5 Å². The van der Waals surface area contributed by atoms with E-state index in [-0.39, 0.29) is 5.56 Å². The minimum Gasteiger partial charge on any atom is -0.507 e. The van der Waals surface area contributed by atoms with Gasteiger partial charge in [-0.05, 0) is 48.2 Å². The van der Waals surface area contributed by atoms with Gasteiger partial charge in [0.1, 0.15) is 28.6 Å². The van der Waals surface area contributed by atoms with Crippen molar-refractivity contribution in [1.29, 1.82) is 0 Å². The van der Waals surface area contributed by atoms with Crippen molar-refractivity contribution in [2.75, 3.05) is 0 Å². The zero-order chi connectivity index (χ0) is 27.9. The highest BCUT2D eigenvalue weighted by Gasteiger charge is 2.43. The van der Waals surface area contributed by atoms with Crippen molar-refractivity contribution in [3.05, 3.63) is 77.4 Å². The first-order valence-corrected chi connectivity index (χ1v) is 12.1. The summed E-state index contributed by atoms with van der Waals surface area (Å²) in [6, 6.07) is 9.50. The molecule has 10 heteroatoms. The first-order valence-electron chi connectivity index (χ1n) is 12.1. The van der Waals surface area contributed by atoms with Crippen molar-refractivity contribution >= 4 is 0 Å². The van der Waals surface area contributed by atoms with Crippen LogP contribution in [0.2, 0.25) is 0 Å². The molecule has 0 aromatic heterocycles. The third-order valence-corrected chi connectivity index (χ3v) is 5.85. The van der Waals surface area contributed by atoms with Gasteiger partial charge in [0, 0.05) is 6.07 Å². The van der Waals surface area contributed by atoms with Crippen LogP contribution in [0.1, 0.15) is 56.6 Å². The summed E-state index contributed by atoms with van der Waals surface area (Å²) in [5.41, 5.74) is -1.39. The minimum absolute atomic E-state index is 0.0531. The molecule has 0 spiro atoms. The quantitative estimate of drug-likeness (QED) is 0.182. The number of alkyl halides is 5. The smallest absolute Gasteiger partial charge is 0.507 e. The van der Waals surface area contributed by atoms with E-state index in [4.69, 9.17) is 0 Å². The Labute approximate surface area is 215 Å². The van der Waals surface area contributed by atoms with Crippen molar-refractivity contribution in [3.8, 4) is 28.4 Å². The summed E-state index contributed by atoms with van der Waals surface area (Å²) in [6.45, 7) is 2.14. The molecule has 0 aliphatic carbocycles. The first kappa shape index (κ1) is 29.1. The molecule has 0 heterocycles. The Balaban J connectivity index is 1.79. The van der Waals surface area contributed by atoms with Crippen LogP contribution in [0.4, 0.5) is 30.7 Å². The second-order valence-corrected chi connectivity index (χ2v) is 8.79. The van der Waals surface area contributed by atoms with Crippen LogP contribution in [-0.2, 0) is 12.5 Å². The molecule has 0 aliphatic heterocycles. The van der Waals surface area contributed by atoms with E-state index in [1.807, 2.05) is 0 Å². The van der Waals surface area contributed by atoms with Gasteiger partial charge in [-0.3, -0.25) is 0 Å². The number of phenols is 1. The Bertz CT molecular complexity index is 1190. The maximum absolute atomic E-state index is 15.3. The average molecular weight is 545 g/mol. The van der Waals surface area contributed by atoms with E-state index in [0.717, 1.165) is 49.8 Å². The molecular weight excluding hydrogens is 517 g/mol. The van der Waals surface area contributed by atoms with E-state index in [9.17, 15) is 31.4 Å². The van der Waals surface area contributed by atoms with Gasteiger partial charge in [0.15, 0.2) is 5.82 Å². The number of hydrogen-bond acceptors (Lipinski definition) is 3. The molecule has 0 saturated carbocycles. The summed E-state index contributed by atoms with van der Waals surface area (Å²) in [7, 11) is 0. The highest BCUT2D eigenvalue weighted by atomic mass is 19.4. The van der Waals surface area contributed by atoms with Crippen molar-refractivity contribution in [2.45, 2.75) is 64.3 Å². The van der Waals surface area contributed by atoms with E-state index in [0.29, 0.717) is 18.2 Å². The molecule has 0 aliphatic rings. The number of benzene rings is 3. The lowest BCUT2D eigenvalue weighted by atomic mass is 9.97. The fraction of sp³-hybridized carbons (Fsp3) is 0.357. The van der Waals surface area contributed by atoms with Crippen LogP contribution < -0.4 is 9.47 Å². The van der Waals surface area contributed by atoms with Gasteiger partial charge in [-0.15, -0.1) is 13.2 Å². The van der Waals surface area contributed by atoms with Crippen LogP contribution in [0.5, 0.6) is 17.2 Å². The second kappa shape index (κ2) is 12.4. The highest BCUT2D eigenvalue weighted by molar-refractivity contribution is 5.72. The van der Waals surface area contributed by atoms with Crippen LogP contribution in [0.15, 0.2) is 54.6 Å². The van der Waals surface area contributed by atoms with Crippen LogP contribution in [-0.4, -0.2) is 11.5 Å². The summed E-state index contributed by atoms with van der Waals surface area (Å²) < 4.78 is 104. The fourth-order valence-electron chi connectivity index (χ4n) is 4.00. The number of aryl methyl sites for hydroxylation is 1. The molecule has 0 amide bonds. The maximum Gasteiger partial charge on any atom is 0.573 e. The molecule has 38 heavy (non-hydrogen) atoms. The highest BCUT2D eigenvalue weighted by Crippen LogP contribution is 2.42. The molecule has 3 rings (SSSR count). The summed E-state index contributed by atoms with van der Waals surface area (Å²) in [6.07, 6.45) is -2.12. The number of ether oxygens (including phenoxy) is 2. The topological polar surface area (TPSA) is 38.7 Å². The number of hydrogen-bond donors (Lipinski definition) is 1. The first-order chi connectivity index (χ1) is 17.9. The molecule has 3 nitrogen and oxygen atoms in total. The zero-order valence-electron chi connectivity index (χ0n) is 20.6. The van der Waals surface area contributed by atoms with E-state index in [1.165, 1.54) is 25.0 Å². The Morgan fingerprint density at radius 1 is 0.737 bits per heavy atom. The molecule has 3 aromatic carbocycles. The Hall–Kier alpha value is -3.43. The number of halogens is 7. The van der Waals surface area contributed by atoms with Crippen LogP contribution in [0, 0.1) is 11.6 Å². The molecular formula is C28H27F7O3. The van der Waals surface area contributed by atoms with E-state index >= 15 is 4.39 Å². The summed E-state index contributed by atoms with van der Waals surface area (Å²) in [5, 5.41) is 10.2. The summed E-state index contributed by atoms with van der Waals surface area (Å²) in [5.74, 6) is -5.73. The normalized spacial score (nSPS) is 12.0. The number of rotatable bonds is 12. The Morgan fingerprint density at radius 2 is 1.29 bits per heavy atom. The van der Waals surface area contributed by atoms with E-state index < -0.39 is 52.5 Å². The lowest BCUT2D eigenvalue weighted by molar-refractivity contribution is -0.274. The summed E-state index contributed by atoms with van der Waals surface area (Å²) >= 11 is 0. The number of phenolic OH excluding ortho intramolecular Hbond substituents is 1. The molecule has 3 aromatic rings. The average Bonchev–Trinajstić information content (AvgIpc) is 2.82. The van der Waals surface area contributed by atoms with Gasteiger partial charge in [0.25, 0.3) is 0 Å². The largest absolute Gasteiger partial charge is 0.573 e. The SMILES string of the molecule is CCCCCCCCc1ccc(-c2c(O)cc(F)c(C(F)(F)Oc3ccc(OC(F)(F)F)cc3)c2F)cc1. The minimum atomic E-state index is -4.99. The van der Waals surface area contributed by atoms with Crippen LogP contribution in [0.25, 0.3) is 11.1 Å². The van der Waals surface area contributed by atoms with Gasteiger partial charge in [-0.1, -0.05) is 63.3 Å². The molecule has 206 valence electrons. The Morgan fingerprint density at radius 3 is 1.87 bits per heavy atom. The number of unbranched alkanes of at least 4 members (excludes halogenated alkanes) is 5. The molecule has 0 radical (unpaired) electrons. The lowest BCUT2D eigenvalue weighted by Crippen LogP contribution is -2.25. The zero-order valence-corrected chi connectivity index (χ0v) is 20.6. The summed E-state index contributed by atoms with van der Waals surface area (Å²) in [4.78, 5) is 0. The van der Waals surface area contributed by atoms with Crippen molar-refractivity contribution in [3.63, 3.8) is 0 Å². The molecule has 0 atom stereocenters. The molecule has 0 saturated heterocycles. The van der Waals surface area contributed by atoms with Gasteiger partial charge < -0.3 is 14.6 Å². The number of aromatic hydroxyl groups is 1. The third kappa shape index (κ3) is 7.79. The molecule has 0 fully saturated rings. The van der Waals surface area contributed by atoms with Crippen molar-refractivity contribution < 1.29 is 45.3 Å². The maximum atomic E-state index is 15.3. The van der Waals surface area contributed by atoms with Crippen molar-refractivity contribution in [1.82, 2.24) is 0 Å². The van der Waals surface area contributed by atoms with Crippen LogP contribution in [0.3, 0.4) is 0 Å². The van der Waals surface area contributed by atoms with Gasteiger partial charge in [-0.25, -0.2) is 8.78 Å².